The van der Waals surface area contributed by atoms with Crippen LogP contribution in [0.2, 0.25) is 0 Å². The second-order valence-electron chi connectivity index (χ2n) is 8.04. The molecule has 8 nitrogen and oxygen atoms in total. The topological polar surface area (TPSA) is 107 Å². The van der Waals surface area contributed by atoms with Crippen LogP contribution in [0.1, 0.15) is 43.6 Å². The number of nitrogens with one attached hydrogen (secondary N) is 1. The summed E-state index contributed by atoms with van der Waals surface area (Å²) in [5, 5.41) is 7.01. The Morgan fingerprint density at radius 3 is 2.62 bits per heavy atom. The molecule has 1 aromatic heterocycles. The summed E-state index contributed by atoms with van der Waals surface area (Å²) in [6, 6.07) is 6.19. The highest BCUT2D eigenvalue weighted by atomic mass is 32.2. The van der Waals surface area contributed by atoms with Gasteiger partial charge in [-0.1, -0.05) is 34.2 Å². The molecular weight excluding hydrogens is 450 g/mol. The Kier molecular flexibility index (Phi) is 6.73. The van der Waals surface area contributed by atoms with E-state index in [1.165, 1.54) is 23.5 Å². The molecule has 2 aliphatic rings. The molecule has 1 aliphatic carbocycles. The number of benzene rings is 1. The summed E-state index contributed by atoms with van der Waals surface area (Å²) < 4.78 is 30.2. The van der Waals surface area contributed by atoms with Crippen molar-refractivity contribution in [3.63, 3.8) is 0 Å². The maximum atomic E-state index is 13.0. The summed E-state index contributed by atoms with van der Waals surface area (Å²) in [6.45, 7) is 4.97. The summed E-state index contributed by atoms with van der Waals surface area (Å²) in [4.78, 5) is 24.0. The lowest BCUT2D eigenvalue weighted by molar-refractivity contribution is -0.110. The van der Waals surface area contributed by atoms with E-state index in [1.54, 1.807) is 18.3 Å². The number of sulfone groups is 1. The maximum Gasteiger partial charge on any atom is 0.280 e. The number of carbonyl (C=O) groups is 1. The van der Waals surface area contributed by atoms with Gasteiger partial charge in [0, 0.05) is 23.1 Å². The highest BCUT2D eigenvalue weighted by Crippen LogP contribution is 2.33. The standard InChI is InChI=1S/C22H25N3O5S2/c1-14(2)11-17-12-23-22(31-17)24-21(26)20(25-30-16-9-10-29-13-16)15-3-5-18(6-4-15)32(27,28)19-7-8-19/h3-6,11-12,16,19H,7-10,13H2,1-2H3,(H,23,24,26)/b25-20+/t16-/m1/s1. The first-order valence-corrected chi connectivity index (χ1v) is 12.8. The molecule has 2 aromatic rings. The van der Waals surface area contributed by atoms with Crippen molar-refractivity contribution in [2.24, 2.45) is 5.16 Å². The van der Waals surface area contributed by atoms with Gasteiger partial charge in [-0.3, -0.25) is 10.1 Å². The lowest BCUT2D eigenvalue weighted by Crippen LogP contribution is -2.25. The van der Waals surface area contributed by atoms with Gasteiger partial charge in [0.25, 0.3) is 5.91 Å². The highest BCUT2D eigenvalue weighted by molar-refractivity contribution is 7.92. The molecule has 1 saturated carbocycles. The van der Waals surface area contributed by atoms with Crippen LogP contribution in [0.3, 0.4) is 0 Å². The lowest BCUT2D eigenvalue weighted by Gasteiger charge is -2.10. The number of thiazole rings is 1. The summed E-state index contributed by atoms with van der Waals surface area (Å²) in [5.74, 6) is -0.486. The molecule has 0 spiro atoms. The van der Waals surface area contributed by atoms with Crippen molar-refractivity contribution in [1.82, 2.24) is 4.98 Å². The molecule has 1 saturated heterocycles. The Balaban J connectivity index is 1.56. The van der Waals surface area contributed by atoms with Crippen LogP contribution in [0.15, 0.2) is 46.1 Å². The van der Waals surface area contributed by atoms with Crippen LogP contribution in [0, 0.1) is 0 Å². The van der Waals surface area contributed by atoms with E-state index in [4.69, 9.17) is 9.57 Å². The minimum atomic E-state index is -3.31. The van der Waals surface area contributed by atoms with E-state index in [1.807, 2.05) is 19.9 Å². The largest absolute Gasteiger partial charge is 0.389 e. The fourth-order valence-corrected chi connectivity index (χ4v) is 5.70. The van der Waals surface area contributed by atoms with Crippen LogP contribution >= 0.6 is 11.3 Å². The van der Waals surface area contributed by atoms with Crippen molar-refractivity contribution in [3.8, 4) is 0 Å². The van der Waals surface area contributed by atoms with E-state index in [-0.39, 0.29) is 22.0 Å². The molecule has 1 atom stereocenters. The van der Waals surface area contributed by atoms with Gasteiger partial charge in [0.2, 0.25) is 0 Å². The van der Waals surface area contributed by atoms with Gasteiger partial charge in [-0.05, 0) is 44.9 Å². The zero-order valence-electron chi connectivity index (χ0n) is 17.9. The summed E-state index contributed by atoms with van der Waals surface area (Å²) in [6.07, 6.45) is 5.52. The maximum absolute atomic E-state index is 13.0. The third kappa shape index (κ3) is 5.43. The number of carbonyl (C=O) groups excluding carboxylic acids is 1. The minimum absolute atomic E-state index is 0.0474. The van der Waals surface area contributed by atoms with Crippen LogP contribution in [-0.4, -0.2) is 49.6 Å². The van der Waals surface area contributed by atoms with Crippen molar-refractivity contribution in [2.45, 2.75) is 49.4 Å². The van der Waals surface area contributed by atoms with Crippen molar-refractivity contribution < 1.29 is 22.8 Å². The van der Waals surface area contributed by atoms with Gasteiger partial charge >= 0.3 is 0 Å². The third-order valence-corrected chi connectivity index (χ3v) is 8.13. The lowest BCUT2D eigenvalue weighted by atomic mass is 10.1. The first kappa shape index (κ1) is 22.6. The Morgan fingerprint density at radius 1 is 1.25 bits per heavy atom. The fourth-order valence-electron chi connectivity index (χ4n) is 3.17. The van der Waals surface area contributed by atoms with E-state index in [0.29, 0.717) is 43.2 Å². The number of aromatic nitrogens is 1. The monoisotopic (exact) mass is 475 g/mol. The zero-order chi connectivity index (χ0) is 22.7. The third-order valence-electron chi connectivity index (χ3n) is 4.99. The number of ether oxygens (including phenoxy) is 1. The molecule has 1 N–H and O–H groups in total. The first-order valence-electron chi connectivity index (χ1n) is 10.4. The van der Waals surface area contributed by atoms with E-state index in [9.17, 15) is 13.2 Å². The van der Waals surface area contributed by atoms with Crippen molar-refractivity contribution in [2.75, 3.05) is 18.5 Å². The smallest absolute Gasteiger partial charge is 0.280 e. The van der Waals surface area contributed by atoms with Gasteiger partial charge in [-0.2, -0.15) is 0 Å². The summed E-state index contributed by atoms with van der Waals surface area (Å²) in [7, 11) is -3.31. The number of oxime groups is 1. The number of anilines is 1. The highest BCUT2D eigenvalue weighted by Gasteiger charge is 2.36. The zero-order valence-corrected chi connectivity index (χ0v) is 19.5. The van der Waals surface area contributed by atoms with Crippen molar-refractivity contribution >= 4 is 44.0 Å². The van der Waals surface area contributed by atoms with Crippen LogP contribution in [0.4, 0.5) is 5.13 Å². The number of rotatable bonds is 8. The average molecular weight is 476 g/mol. The summed E-state index contributed by atoms with van der Waals surface area (Å²) in [5.41, 5.74) is 1.63. The van der Waals surface area contributed by atoms with E-state index < -0.39 is 15.7 Å². The normalized spacial score (nSPS) is 18.9. The minimum Gasteiger partial charge on any atom is -0.389 e. The SMILES string of the molecule is CC(C)=Cc1cnc(NC(=O)/C(=N/O[C@@H]2CCOC2)c2ccc(S(=O)(=O)C3CC3)cc2)s1. The van der Waals surface area contributed by atoms with Gasteiger partial charge in [-0.25, -0.2) is 13.4 Å². The van der Waals surface area contributed by atoms with Crippen LogP contribution < -0.4 is 5.32 Å². The van der Waals surface area contributed by atoms with Gasteiger partial charge in [0.05, 0.1) is 23.4 Å². The molecule has 0 radical (unpaired) electrons. The average Bonchev–Trinajstić information content (AvgIpc) is 3.34. The van der Waals surface area contributed by atoms with Gasteiger partial charge < -0.3 is 9.57 Å². The second kappa shape index (κ2) is 9.51. The van der Waals surface area contributed by atoms with Crippen LogP contribution in [0.5, 0.6) is 0 Å². The molecule has 4 rings (SSSR count). The quantitative estimate of drug-likeness (QED) is 0.461. The second-order valence-corrected chi connectivity index (χ2v) is 11.3. The molecule has 32 heavy (non-hydrogen) atoms. The number of nitrogens with zero attached hydrogens (tertiary/aromatic N) is 2. The van der Waals surface area contributed by atoms with Crippen molar-refractivity contribution in [3.05, 3.63) is 46.5 Å². The molecular formula is C22H25N3O5S2. The summed E-state index contributed by atoms with van der Waals surface area (Å²) >= 11 is 1.35. The van der Waals surface area contributed by atoms with E-state index in [2.05, 4.69) is 15.5 Å². The molecule has 1 aromatic carbocycles. The molecule has 170 valence electrons. The molecule has 1 aliphatic heterocycles. The fraction of sp³-hybridized carbons (Fsp3) is 0.409. The first-order chi connectivity index (χ1) is 15.3. The number of amides is 1. The number of hydrogen-bond acceptors (Lipinski definition) is 8. The molecule has 10 heteroatoms. The van der Waals surface area contributed by atoms with Gasteiger partial charge in [-0.15, -0.1) is 0 Å². The number of hydrogen-bond donors (Lipinski definition) is 1. The Labute approximate surface area is 191 Å². The van der Waals surface area contributed by atoms with Crippen molar-refractivity contribution in [1.29, 1.82) is 0 Å². The molecule has 0 unspecified atom stereocenters. The Bertz CT molecular complexity index is 1140. The van der Waals surface area contributed by atoms with Crippen LogP contribution in [-0.2, 0) is 24.2 Å². The molecule has 0 bridgehead atoms. The molecule has 2 fully saturated rings. The molecule has 2 heterocycles. The van der Waals surface area contributed by atoms with Crippen LogP contribution in [0.25, 0.3) is 6.08 Å². The predicted octanol–water partition coefficient (Wildman–Crippen LogP) is 3.65. The number of allylic oxidation sites excluding steroid dienone is 1. The Hall–Kier alpha value is -2.56. The molecule has 1 amide bonds. The van der Waals surface area contributed by atoms with E-state index in [0.717, 1.165) is 10.5 Å². The van der Waals surface area contributed by atoms with Gasteiger partial charge in [0.15, 0.2) is 26.8 Å². The van der Waals surface area contributed by atoms with E-state index >= 15 is 0 Å². The predicted molar refractivity (Wildman–Crippen MR) is 124 cm³/mol. The van der Waals surface area contributed by atoms with Gasteiger partial charge in [0.1, 0.15) is 0 Å². The Morgan fingerprint density at radius 2 is 2.00 bits per heavy atom.